The van der Waals surface area contributed by atoms with Gasteiger partial charge >= 0.3 is 0 Å². The molecule has 0 spiro atoms. The van der Waals surface area contributed by atoms with Crippen LogP contribution in [-0.2, 0) is 14.8 Å². The van der Waals surface area contributed by atoms with Gasteiger partial charge in [-0.3, -0.25) is 4.79 Å². The Morgan fingerprint density at radius 2 is 1.96 bits per heavy atom. The van der Waals surface area contributed by atoms with Gasteiger partial charge in [-0.2, -0.15) is 4.31 Å². The average Bonchev–Trinajstić information content (AvgIpc) is 2.91. The molecular weight excluding hydrogens is 360 g/mol. The molecule has 25 heavy (non-hydrogen) atoms. The fraction of sp³-hybridized carbons (Fsp3) is 0.500. The van der Waals surface area contributed by atoms with Gasteiger partial charge in [0.15, 0.2) is 5.16 Å². The van der Waals surface area contributed by atoms with Gasteiger partial charge in [-0.25, -0.2) is 13.4 Å². The highest BCUT2D eigenvalue weighted by Gasteiger charge is 2.23. The third-order valence-corrected chi connectivity index (χ3v) is 6.85. The van der Waals surface area contributed by atoms with Crippen molar-refractivity contribution < 1.29 is 13.2 Å². The number of thioether (sulfide) groups is 1. The van der Waals surface area contributed by atoms with Crippen LogP contribution in [0.3, 0.4) is 0 Å². The van der Waals surface area contributed by atoms with Crippen LogP contribution in [0.25, 0.3) is 11.0 Å². The summed E-state index contributed by atoms with van der Waals surface area (Å²) in [6.07, 6.45) is 0. The second-order valence-corrected chi connectivity index (χ2v) is 8.73. The molecule has 1 amide bonds. The lowest BCUT2D eigenvalue weighted by molar-refractivity contribution is -0.115. The van der Waals surface area contributed by atoms with E-state index in [-0.39, 0.29) is 16.7 Å². The van der Waals surface area contributed by atoms with Crippen LogP contribution in [0, 0.1) is 0 Å². The van der Waals surface area contributed by atoms with Crippen molar-refractivity contribution in [2.45, 2.75) is 43.8 Å². The van der Waals surface area contributed by atoms with Crippen molar-refractivity contribution in [1.82, 2.24) is 13.9 Å². The molecule has 0 saturated heterocycles. The van der Waals surface area contributed by atoms with E-state index < -0.39 is 15.9 Å². The Morgan fingerprint density at radius 3 is 2.48 bits per heavy atom. The number of sulfonamides is 1. The molecule has 1 heterocycles. The van der Waals surface area contributed by atoms with Gasteiger partial charge in [0.25, 0.3) is 0 Å². The van der Waals surface area contributed by atoms with Crippen molar-refractivity contribution in [3.05, 3.63) is 18.2 Å². The third kappa shape index (κ3) is 3.99. The summed E-state index contributed by atoms with van der Waals surface area (Å²) < 4.78 is 28.8. The molecule has 9 heteroatoms. The van der Waals surface area contributed by atoms with E-state index in [0.717, 1.165) is 5.52 Å². The largest absolute Gasteiger partial charge is 0.369 e. The van der Waals surface area contributed by atoms with E-state index in [0.29, 0.717) is 23.8 Å². The van der Waals surface area contributed by atoms with Gasteiger partial charge in [0, 0.05) is 19.1 Å². The summed E-state index contributed by atoms with van der Waals surface area (Å²) in [5.74, 6) is -0.294. The summed E-state index contributed by atoms with van der Waals surface area (Å²) in [4.78, 5) is 15.8. The van der Waals surface area contributed by atoms with E-state index in [1.165, 1.54) is 16.1 Å². The van der Waals surface area contributed by atoms with Gasteiger partial charge in [0.2, 0.25) is 15.9 Å². The zero-order valence-electron chi connectivity index (χ0n) is 14.9. The minimum Gasteiger partial charge on any atom is -0.369 e. The maximum Gasteiger partial charge on any atom is 0.243 e. The summed E-state index contributed by atoms with van der Waals surface area (Å²) >= 11 is 1.26. The Balaban J connectivity index is 2.55. The maximum atomic E-state index is 12.7. The van der Waals surface area contributed by atoms with Crippen molar-refractivity contribution in [1.29, 1.82) is 0 Å². The second-order valence-electron chi connectivity index (χ2n) is 5.85. The molecular formula is C16H24N4O3S2. The number of aromatic nitrogens is 2. The van der Waals surface area contributed by atoms with E-state index in [4.69, 9.17) is 5.73 Å². The number of amides is 1. The molecule has 0 fully saturated rings. The van der Waals surface area contributed by atoms with Crippen molar-refractivity contribution in [3.63, 3.8) is 0 Å². The van der Waals surface area contributed by atoms with Crippen LogP contribution in [0.4, 0.5) is 0 Å². The summed E-state index contributed by atoms with van der Waals surface area (Å²) in [7, 11) is -3.54. The van der Waals surface area contributed by atoms with Gasteiger partial charge in [-0.1, -0.05) is 25.6 Å². The number of hydrogen-bond donors (Lipinski definition) is 1. The zero-order valence-corrected chi connectivity index (χ0v) is 16.5. The fourth-order valence-electron chi connectivity index (χ4n) is 2.67. The molecule has 2 N–H and O–H groups in total. The van der Waals surface area contributed by atoms with Crippen LogP contribution in [-0.4, -0.2) is 47.0 Å². The van der Waals surface area contributed by atoms with E-state index in [9.17, 15) is 13.2 Å². The quantitative estimate of drug-likeness (QED) is 0.704. The molecule has 0 unspecified atom stereocenters. The van der Waals surface area contributed by atoms with Gasteiger partial charge < -0.3 is 10.3 Å². The van der Waals surface area contributed by atoms with E-state index in [1.807, 2.05) is 32.3 Å². The van der Waals surface area contributed by atoms with Crippen LogP contribution in [0.15, 0.2) is 28.3 Å². The highest BCUT2D eigenvalue weighted by atomic mass is 32.2. The predicted octanol–water partition coefficient (Wildman–Crippen LogP) is 2.23. The maximum absolute atomic E-state index is 12.7. The van der Waals surface area contributed by atoms with Crippen LogP contribution < -0.4 is 5.73 Å². The molecule has 0 atom stereocenters. The summed E-state index contributed by atoms with van der Waals surface area (Å²) in [5.41, 5.74) is 6.65. The lowest BCUT2D eigenvalue weighted by Gasteiger charge is -2.18. The molecule has 138 valence electrons. The smallest absolute Gasteiger partial charge is 0.243 e. The number of benzene rings is 1. The summed E-state index contributed by atoms with van der Waals surface area (Å²) in [5, 5.41) is 0.654. The molecule has 1 aromatic carbocycles. The van der Waals surface area contributed by atoms with Gasteiger partial charge in [-0.15, -0.1) is 0 Å². The first-order valence-electron chi connectivity index (χ1n) is 8.15. The molecule has 2 aromatic rings. The molecule has 0 aliphatic carbocycles. The predicted molar refractivity (Wildman–Crippen MR) is 100 cm³/mol. The number of rotatable bonds is 8. The molecule has 7 nitrogen and oxygen atoms in total. The number of carbonyl (C=O) groups excluding carboxylic acids is 1. The first-order chi connectivity index (χ1) is 11.7. The first kappa shape index (κ1) is 19.7. The molecule has 0 aliphatic rings. The number of nitrogens with zero attached hydrogens (tertiary/aromatic N) is 3. The lowest BCUT2D eigenvalue weighted by atomic mass is 10.3. The van der Waals surface area contributed by atoms with E-state index in [1.54, 1.807) is 18.2 Å². The van der Waals surface area contributed by atoms with Crippen LogP contribution in [0.5, 0.6) is 0 Å². The first-order valence-corrected chi connectivity index (χ1v) is 10.6. The van der Waals surface area contributed by atoms with Gasteiger partial charge in [-0.05, 0) is 32.0 Å². The second kappa shape index (κ2) is 7.76. The molecule has 0 bridgehead atoms. The van der Waals surface area contributed by atoms with Crippen molar-refractivity contribution in [3.8, 4) is 0 Å². The topological polar surface area (TPSA) is 98.3 Å². The number of carbonyl (C=O) groups is 1. The monoisotopic (exact) mass is 384 g/mol. The Labute approximate surface area is 152 Å². The zero-order chi connectivity index (χ0) is 18.8. The number of hydrogen-bond acceptors (Lipinski definition) is 5. The number of imidazole rings is 1. The SMILES string of the molecule is CCN(CC)S(=O)(=O)c1ccc2c(c1)nc(SCC(N)=O)n2C(C)C. The number of fused-ring (bicyclic) bond motifs is 1. The molecule has 0 radical (unpaired) electrons. The minimum atomic E-state index is -3.54. The van der Waals surface area contributed by atoms with Crippen molar-refractivity contribution in [2.24, 2.45) is 5.73 Å². The highest BCUT2D eigenvalue weighted by Crippen LogP contribution is 2.29. The summed E-state index contributed by atoms with van der Waals surface area (Å²) in [6, 6.07) is 5.09. The van der Waals surface area contributed by atoms with Gasteiger partial charge in [0.05, 0.1) is 21.7 Å². The van der Waals surface area contributed by atoms with E-state index in [2.05, 4.69) is 4.98 Å². The Morgan fingerprint density at radius 1 is 1.32 bits per heavy atom. The Kier molecular flexibility index (Phi) is 6.12. The third-order valence-electron chi connectivity index (χ3n) is 3.83. The average molecular weight is 385 g/mol. The molecule has 0 aliphatic heterocycles. The summed E-state index contributed by atoms with van der Waals surface area (Å²) in [6.45, 7) is 8.47. The standard InChI is InChI=1S/C16H24N4O3S2/c1-5-19(6-2)25(22,23)12-7-8-14-13(9-12)18-16(20(14)11(3)4)24-10-15(17)21/h7-9,11H,5-6,10H2,1-4H3,(H2,17,21). The Bertz CT molecular complexity index is 871. The highest BCUT2D eigenvalue weighted by molar-refractivity contribution is 7.99. The lowest BCUT2D eigenvalue weighted by Crippen LogP contribution is -2.30. The number of primary amides is 1. The normalized spacial score (nSPS) is 12.4. The molecule has 1 aromatic heterocycles. The van der Waals surface area contributed by atoms with Crippen molar-refractivity contribution in [2.75, 3.05) is 18.8 Å². The molecule has 0 saturated carbocycles. The van der Waals surface area contributed by atoms with Crippen LogP contribution in [0.1, 0.15) is 33.7 Å². The van der Waals surface area contributed by atoms with Crippen LogP contribution in [0.2, 0.25) is 0 Å². The van der Waals surface area contributed by atoms with Crippen LogP contribution >= 0.6 is 11.8 Å². The number of nitrogens with two attached hydrogens (primary N) is 1. The van der Waals surface area contributed by atoms with E-state index >= 15 is 0 Å². The Hall–Kier alpha value is -1.58. The fourth-order valence-corrected chi connectivity index (χ4v) is 5.03. The minimum absolute atomic E-state index is 0.116. The van der Waals surface area contributed by atoms with Gasteiger partial charge in [0.1, 0.15) is 0 Å². The molecule has 2 rings (SSSR count). The van der Waals surface area contributed by atoms with Crippen molar-refractivity contribution >= 4 is 38.7 Å².